The van der Waals surface area contributed by atoms with Crippen LogP contribution in [0.3, 0.4) is 0 Å². The molecule has 9 heteroatoms. The van der Waals surface area contributed by atoms with Crippen LogP contribution in [0.15, 0.2) is 53.4 Å². The second-order valence-corrected chi connectivity index (χ2v) is 10.0. The van der Waals surface area contributed by atoms with Crippen molar-refractivity contribution in [1.82, 2.24) is 9.21 Å². The molecule has 2 aromatic rings. The summed E-state index contributed by atoms with van der Waals surface area (Å²) in [6.45, 7) is 4.93. The van der Waals surface area contributed by atoms with Gasteiger partial charge in [0.15, 0.2) is 0 Å². The lowest BCUT2D eigenvalue weighted by atomic mass is 10.00. The molecule has 1 aliphatic heterocycles. The highest BCUT2D eigenvalue weighted by molar-refractivity contribution is 7.89. The summed E-state index contributed by atoms with van der Waals surface area (Å²) in [4.78, 5) is 24.9. The minimum atomic E-state index is -3.97. The summed E-state index contributed by atoms with van der Waals surface area (Å²) >= 11 is 0. The van der Waals surface area contributed by atoms with E-state index in [2.05, 4.69) is 0 Å². The molecular weight excluding hydrogens is 418 g/mol. The Kier molecular flexibility index (Phi) is 7.07. The molecule has 1 aliphatic rings. The average molecular weight is 446 g/mol. The Morgan fingerprint density at radius 1 is 1.13 bits per heavy atom. The number of hydrogen-bond donors (Lipinski definition) is 0. The van der Waals surface area contributed by atoms with Gasteiger partial charge in [-0.25, -0.2) is 8.42 Å². The molecule has 0 saturated carbocycles. The largest absolute Gasteiger partial charge is 0.337 e. The highest BCUT2D eigenvalue weighted by Crippen LogP contribution is 2.22. The average Bonchev–Trinajstić information content (AvgIpc) is 2.75. The van der Waals surface area contributed by atoms with Gasteiger partial charge in [0, 0.05) is 31.8 Å². The monoisotopic (exact) mass is 445 g/mol. The van der Waals surface area contributed by atoms with Crippen LogP contribution in [0.1, 0.15) is 31.4 Å². The van der Waals surface area contributed by atoms with Crippen LogP contribution < -0.4 is 0 Å². The van der Waals surface area contributed by atoms with Crippen molar-refractivity contribution in [3.8, 4) is 0 Å². The molecule has 0 aromatic heterocycles. The third-order valence-electron chi connectivity index (χ3n) is 5.44. The summed E-state index contributed by atoms with van der Waals surface area (Å²) in [5.41, 5.74) is 2.10. The van der Waals surface area contributed by atoms with Crippen LogP contribution in [0.5, 0.6) is 0 Å². The molecule has 2 aromatic carbocycles. The summed E-state index contributed by atoms with van der Waals surface area (Å²) in [6, 6.07) is 12.7. The third kappa shape index (κ3) is 5.48. The lowest BCUT2D eigenvalue weighted by Crippen LogP contribution is -2.45. The number of benzene rings is 2. The van der Waals surface area contributed by atoms with Crippen molar-refractivity contribution in [2.75, 3.05) is 19.6 Å². The molecule has 0 N–H and O–H groups in total. The lowest BCUT2D eigenvalue weighted by molar-refractivity contribution is -0.384. The fraction of sp³-hybridized carbons (Fsp3) is 0.409. The van der Waals surface area contributed by atoms with Gasteiger partial charge in [-0.05, 0) is 42.0 Å². The molecule has 0 saturated heterocycles. The number of amides is 1. The van der Waals surface area contributed by atoms with Crippen LogP contribution >= 0.6 is 0 Å². The van der Waals surface area contributed by atoms with E-state index in [-0.39, 0.29) is 35.5 Å². The standard InChI is InChI=1S/C22H27N3O5S/c1-17(2)11-14-24(31(29,30)21-9-7-20(8-10-21)25(27)28)16-22(26)23-13-12-18-5-3-4-6-19(18)15-23/h3-10,17H,11-16H2,1-2H3. The molecule has 0 bridgehead atoms. The maximum absolute atomic E-state index is 13.2. The molecule has 3 rings (SSSR count). The van der Waals surface area contributed by atoms with Gasteiger partial charge in [0.1, 0.15) is 0 Å². The molecule has 0 aliphatic carbocycles. The van der Waals surface area contributed by atoms with Crippen LogP contribution in [0, 0.1) is 16.0 Å². The number of hydrogen-bond acceptors (Lipinski definition) is 5. The van der Waals surface area contributed by atoms with Crippen LogP contribution in [0.4, 0.5) is 5.69 Å². The van der Waals surface area contributed by atoms with Crippen molar-refractivity contribution in [3.05, 3.63) is 69.8 Å². The maximum atomic E-state index is 13.2. The zero-order valence-electron chi connectivity index (χ0n) is 17.7. The third-order valence-corrected chi connectivity index (χ3v) is 7.30. The quantitative estimate of drug-likeness (QED) is 0.459. The van der Waals surface area contributed by atoms with E-state index in [0.717, 1.165) is 24.1 Å². The molecule has 31 heavy (non-hydrogen) atoms. The second-order valence-electron chi connectivity index (χ2n) is 8.11. The van der Waals surface area contributed by atoms with Gasteiger partial charge in [0.2, 0.25) is 15.9 Å². The van der Waals surface area contributed by atoms with Gasteiger partial charge in [0.05, 0.1) is 16.4 Å². The number of sulfonamides is 1. The second kappa shape index (κ2) is 9.57. The molecule has 0 unspecified atom stereocenters. The van der Waals surface area contributed by atoms with Crippen LogP contribution in [0.25, 0.3) is 0 Å². The van der Waals surface area contributed by atoms with E-state index < -0.39 is 14.9 Å². The molecular formula is C22H27N3O5S. The van der Waals surface area contributed by atoms with E-state index in [4.69, 9.17) is 0 Å². The number of nitro groups is 1. The molecule has 0 fully saturated rings. The van der Waals surface area contributed by atoms with Crippen molar-refractivity contribution < 1.29 is 18.1 Å². The number of rotatable bonds is 8. The first kappa shape index (κ1) is 22.9. The van der Waals surface area contributed by atoms with E-state index in [1.165, 1.54) is 22.0 Å². The number of nitrogens with zero attached hydrogens (tertiary/aromatic N) is 3. The molecule has 1 heterocycles. The number of fused-ring (bicyclic) bond motifs is 1. The number of nitro benzene ring substituents is 1. The van der Waals surface area contributed by atoms with Gasteiger partial charge in [-0.1, -0.05) is 38.1 Å². The van der Waals surface area contributed by atoms with Crippen LogP contribution in [0.2, 0.25) is 0 Å². The predicted octanol–water partition coefficient (Wildman–Crippen LogP) is 3.22. The first-order valence-corrected chi connectivity index (χ1v) is 11.7. The lowest BCUT2D eigenvalue weighted by Gasteiger charge is -2.31. The summed E-state index contributed by atoms with van der Waals surface area (Å²) < 4.78 is 27.6. The normalized spacial score (nSPS) is 14.0. The minimum absolute atomic E-state index is 0.0568. The van der Waals surface area contributed by atoms with Gasteiger partial charge in [0.25, 0.3) is 5.69 Å². The van der Waals surface area contributed by atoms with Gasteiger partial charge in [-0.15, -0.1) is 0 Å². The van der Waals surface area contributed by atoms with E-state index in [0.29, 0.717) is 19.5 Å². The van der Waals surface area contributed by atoms with Gasteiger partial charge < -0.3 is 4.90 Å². The van der Waals surface area contributed by atoms with Crippen molar-refractivity contribution in [1.29, 1.82) is 0 Å². The Hall–Kier alpha value is -2.78. The Morgan fingerprint density at radius 3 is 2.39 bits per heavy atom. The molecule has 0 radical (unpaired) electrons. The molecule has 8 nitrogen and oxygen atoms in total. The Balaban J connectivity index is 1.80. The summed E-state index contributed by atoms with van der Waals surface area (Å²) in [5.74, 6) is 0.00951. The van der Waals surface area contributed by atoms with E-state index in [1.807, 2.05) is 38.1 Å². The maximum Gasteiger partial charge on any atom is 0.269 e. The highest BCUT2D eigenvalue weighted by Gasteiger charge is 2.30. The van der Waals surface area contributed by atoms with Crippen molar-refractivity contribution in [2.24, 2.45) is 5.92 Å². The van der Waals surface area contributed by atoms with Gasteiger partial charge >= 0.3 is 0 Å². The Labute approximate surface area is 182 Å². The predicted molar refractivity (Wildman–Crippen MR) is 117 cm³/mol. The van der Waals surface area contributed by atoms with Gasteiger partial charge in [-0.3, -0.25) is 14.9 Å². The molecule has 0 atom stereocenters. The first-order chi connectivity index (χ1) is 14.7. The fourth-order valence-electron chi connectivity index (χ4n) is 3.53. The zero-order valence-corrected chi connectivity index (χ0v) is 18.5. The smallest absolute Gasteiger partial charge is 0.269 e. The molecule has 1 amide bonds. The fourth-order valence-corrected chi connectivity index (χ4v) is 4.94. The van der Waals surface area contributed by atoms with Crippen molar-refractivity contribution in [3.63, 3.8) is 0 Å². The summed E-state index contributed by atoms with van der Waals surface area (Å²) in [6.07, 6.45) is 1.34. The number of non-ortho nitro benzene ring substituents is 1. The topological polar surface area (TPSA) is 101 Å². The SMILES string of the molecule is CC(C)CCN(CC(=O)N1CCc2ccccc2C1)S(=O)(=O)c1ccc([N+](=O)[O-])cc1. The molecule has 0 spiro atoms. The molecule has 166 valence electrons. The number of carbonyl (C=O) groups is 1. The highest BCUT2D eigenvalue weighted by atomic mass is 32.2. The first-order valence-electron chi connectivity index (χ1n) is 10.3. The zero-order chi connectivity index (χ0) is 22.6. The van der Waals surface area contributed by atoms with E-state index >= 15 is 0 Å². The minimum Gasteiger partial charge on any atom is -0.337 e. The van der Waals surface area contributed by atoms with E-state index in [9.17, 15) is 23.3 Å². The number of carbonyl (C=O) groups excluding carboxylic acids is 1. The van der Waals surface area contributed by atoms with E-state index in [1.54, 1.807) is 4.90 Å². The Bertz CT molecular complexity index is 1050. The van der Waals surface area contributed by atoms with Crippen molar-refractivity contribution >= 4 is 21.6 Å². The van der Waals surface area contributed by atoms with Crippen LogP contribution in [-0.2, 0) is 27.8 Å². The van der Waals surface area contributed by atoms with Crippen LogP contribution in [-0.4, -0.2) is 48.1 Å². The summed E-state index contributed by atoms with van der Waals surface area (Å²) in [5, 5.41) is 10.9. The van der Waals surface area contributed by atoms with Crippen molar-refractivity contribution in [2.45, 2.75) is 38.1 Å². The van der Waals surface area contributed by atoms with Gasteiger partial charge in [-0.2, -0.15) is 4.31 Å². The Morgan fingerprint density at radius 2 is 1.77 bits per heavy atom. The summed E-state index contributed by atoms with van der Waals surface area (Å²) in [7, 11) is -3.97.